The lowest BCUT2D eigenvalue weighted by molar-refractivity contribution is -0.142. The largest absolute Gasteiger partial charge is 0.465 e. The van der Waals surface area contributed by atoms with Crippen molar-refractivity contribution >= 4 is 21.9 Å². The number of hydrogen-bond acceptors (Lipinski definition) is 2. The molecular formula is C25H37BrO2. The second-order valence-corrected chi connectivity index (χ2v) is 10.3. The van der Waals surface area contributed by atoms with Gasteiger partial charge in [-0.15, -0.1) is 0 Å². The SMILES string of the molecule is C=C1CC[C@H](C)C/C1=C/C=C1\CCC[C@]2(C)[C@@H]([C@H](C)COC(=O)CBr)CC[C@@H]12. The van der Waals surface area contributed by atoms with Gasteiger partial charge >= 0.3 is 5.97 Å². The van der Waals surface area contributed by atoms with Crippen LogP contribution in [0.2, 0.25) is 0 Å². The Morgan fingerprint density at radius 2 is 2.11 bits per heavy atom. The number of carbonyl (C=O) groups excluding carboxylic acids is 1. The maximum Gasteiger partial charge on any atom is 0.316 e. The summed E-state index contributed by atoms with van der Waals surface area (Å²) in [6, 6.07) is 0. The molecule has 0 aromatic rings. The molecule has 3 aliphatic rings. The van der Waals surface area contributed by atoms with Crippen LogP contribution in [0.25, 0.3) is 0 Å². The molecule has 0 aliphatic heterocycles. The van der Waals surface area contributed by atoms with Gasteiger partial charge in [-0.3, -0.25) is 4.79 Å². The highest BCUT2D eigenvalue weighted by molar-refractivity contribution is 9.09. The molecule has 0 amide bonds. The summed E-state index contributed by atoms with van der Waals surface area (Å²) in [5, 5.41) is 0.287. The number of alkyl halides is 1. The molecule has 0 unspecified atom stereocenters. The minimum atomic E-state index is -0.149. The highest BCUT2D eigenvalue weighted by Gasteiger charge is 2.50. The van der Waals surface area contributed by atoms with Crippen LogP contribution in [0.5, 0.6) is 0 Å². The molecule has 0 aromatic carbocycles. The van der Waals surface area contributed by atoms with Gasteiger partial charge in [0, 0.05) is 0 Å². The minimum absolute atomic E-state index is 0.149. The van der Waals surface area contributed by atoms with Crippen molar-refractivity contribution in [1.29, 1.82) is 0 Å². The number of fused-ring (bicyclic) bond motifs is 1. The van der Waals surface area contributed by atoms with E-state index in [4.69, 9.17) is 4.74 Å². The van der Waals surface area contributed by atoms with E-state index in [1.54, 1.807) is 5.57 Å². The maximum atomic E-state index is 11.5. The first-order valence-corrected chi connectivity index (χ1v) is 12.3. The Kier molecular flexibility index (Phi) is 7.28. The smallest absolute Gasteiger partial charge is 0.316 e. The van der Waals surface area contributed by atoms with Crippen LogP contribution < -0.4 is 0 Å². The first kappa shape index (κ1) is 21.9. The first-order chi connectivity index (χ1) is 13.3. The molecule has 0 spiro atoms. The van der Waals surface area contributed by atoms with E-state index in [1.165, 1.54) is 56.1 Å². The fourth-order valence-electron chi connectivity index (χ4n) is 6.19. The fourth-order valence-corrected chi connectivity index (χ4v) is 6.35. The van der Waals surface area contributed by atoms with Crippen LogP contribution in [-0.4, -0.2) is 17.9 Å². The molecule has 156 valence electrons. The maximum absolute atomic E-state index is 11.5. The van der Waals surface area contributed by atoms with Crippen molar-refractivity contribution in [1.82, 2.24) is 0 Å². The Morgan fingerprint density at radius 1 is 1.32 bits per heavy atom. The van der Waals surface area contributed by atoms with Crippen LogP contribution in [0.3, 0.4) is 0 Å². The van der Waals surface area contributed by atoms with Gasteiger partial charge in [0.1, 0.15) is 5.33 Å². The third kappa shape index (κ3) is 4.66. The van der Waals surface area contributed by atoms with Crippen molar-refractivity contribution in [3.8, 4) is 0 Å². The molecule has 0 N–H and O–H groups in total. The van der Waals surface area contributed by atoms with E-state index < -0.39 is 0 Å². The highest BCUT2D eigenvalue weighted by Crippen LogP contribution is 2.59. The zero-order valence-corrected chi connectivity index (χ0v) is 19.5. The molecule has 3 rings (SSSR count). The number of carbonyl (C=O) groups is 1. The van der Waals surface area contributed by atoms with E-state index in [-0.39, 0.29) is 11.3 Å². The monoisotopic (exact) mass is 448 g/mol. The second-order valence-electron chi connectivity index (χ2n) is 9.77. The second kappa shape index (κ2) is 9.32. The van der Waals surface area contributed by atoms with Crippen molar-refractivity contribution in [2.45, 2.75) is 72.1 Å². The van der Waals surface area contributed by atoms with Gasteiger partial charge in [-0.2, -0.15) is 0 Å². The van der Waals surface area contributed by atoms with Crippen LogP contribution in [0.1, 0.15) is 72.1 Å². The van der Waals surface area contributed by atoms with Crippen molar-refractivity contribution < 1.29 is 9.53 Å². The summed E-state index contributed by atoms with van der Waals surface area (Å²) in [4.78, 5) is 11.5. The minimum Gasteiger partial charge on any atom is -0.465 e. The molecule has 3 aliphatic carbocycles. The predicted molar refractivity (Wildman–Crippen MR) is 120 cm³/mol. The Balaban J connectivity index is 1.72. The van der Waals surface area contributed by atoms with E-state index in [9.17, 15) is 4.79 Å². The number of hydrogen-bond donors (Lipinski definition) is 0. The molecule has 0 bridgehead atoms. The van der Waals surface area contributed by atoms with Gasteiger partial charge in [0.15, 0.2) is 0 Å². The van der Waals surface area contributed by atoms with Gasteiger partial charge in [0.05, 0.1) is 6.61 Å². The number of halogens is 1. The van der Waals surface area contributed by atoms with Crippen molar-refractivity contribution in [2.24, 2.45) is 29.1 Å². The van der Waals surface area contributed by atoms with Crippen LogP contribution in [0.4, 0.5) is 0 Å². The van der Waals surface area contributed by atoms with Crippen molar-refractivity contribution in [3.63, 3.8) is 0 Å². The summed E-state index contributed by atoms with van der Waals surface area (Å²) in [6.07, 6.45) is 14.8. The van der Waals surface area contributed by atoms with E-state index in [0.717, 1.165) is 12.3 Å². The summed E-state index contributed by atoms with van der Waals surface area (Å²) in [5.74, 6) is 2.39. The average Bonchev–Trinajstić information content (AvgIpc) is 3.04. The van der Waals surface area contributed by atoms with Gasteiger partial charge < -0.3 is 4.74 Å². The number of rotatable bonds is 5. The van der Waals surface area contributed by atoms with E-state index in [1.807, 2.05) is 0 Å². The summed E-state index contributed by atoms with van der Waals surface area (Å²) in [5.41, 5.74) is 4.82. The summed E-state index contributed by atoms with van der Waals surface area (Å²) in [6.45, 7) is 12.0. The van der Waals surface area contributed by atoms with E-state index in [0.29, 0.717) is 29.8 Å². The Hall–Kier alpha value is -0.830. The summed E-state index contributed by atoms with van der Waals surface area (Å²) >= 11 is 3.19. The number of esters is 1. The lowest BCUT2D eigenvalue weighted by Crippen LogP contribution is -2.37. The van der Waals surface area contributed by atoms with Crippen LogP contribution in [-0.2, 0) is 9.53 Å². The van der Waals surface area contributed by atoms with Crippen LogP contribution in [0, 0.1) is 29.1 Å². The third-order valence-electron chi connectivity index (χ3n) is 7.80. The van der Waals surface area contributed by atoms with Crippen molar-refractivity contribution in [3.05, 3.63) is 35.5 Å². The van der Waals surface area contributed by atoms with Crippen LogP contribution in [0.15, 0.2) is 35.5 Å². The fraction of sp³-hybridized carbons (Fsp3) is 0.720. The quantitative estimate of drug-likeness (QED) is 0.333. The molecular weight excluding hydrogens is 412 g/mol. The molecule has 2 nitrogen and oxygen atoms in total. The van der Waals surface area contributed by atoms with Gasteiger partial charge in [0.2, 0.25) is 0 Å². The zero-order chi connectivity index (χ0) is 20.3. The lowest BCUT2D eigenvalue weighted by atomic mass is 9.61. The third-order valence-corrected chi connectivity index (χ3v) is 8.26. The zero-order valence-electron chi connectivity index (χ0n) is 17.9. The van der Waals surface area contributed by atoms with Crippen molar-refractivity contribution in [2.75, 3.05) is 11.9 Å². The molecule has 0 saturated heterocycles. The summed E-state index contributed by atoms with van der Waals surface area (Å²) in [7, 11) is 0. The topological polar surface area (TPSA) is 26.3 Å². The molecule has 3 fully saturated rings. The van der Waals surface area contributed by atoms with Crippen LogP contribution >= 0.6 is 15.9 Å². The van der Waals surface area contributed by atoms with Gasteiger partial charge in [-0.25, -0.2) is 0 Å². The highest BCUT2D eigenvalue weighted by atomic mass is 79.9. The molecule has 0 radical (unpaired) electrons. The molecule has 3 heteroatoms. The normalized spacial score (nSPS) is 37.1. The number of allylic oxidation sites excluding steroid dienone is 5. The average molecular weight is 449 g/mol. The lowest BCUT2D eigenvalue weighted by Gasteiger charge is -2.44. The first-order valence-electron chi connectivity index (χ1n) is 11.1. The molecule has 0 heterocycles. The number of ether oxygens (including phenoxy) is 1. The van der Waals surface area contributed by atoms with E-state index in [2.05, 4.69) is 55.4 Å². The molecule has 3 saturated carbocycles. The molecule has 0 aromatic heterocycles. The van der Waals surface area contributed by atoms with Gasteiger partial charge in [-0.05, 0) is 86.0 Å². The summed E-state index contributed by atoms with van der Waals surface area (Å²) < 4.78 is 5.45. The molecule has 28 heavy (non-hydrogen) atoms. The Bertz CT molecular complexity index is 661. The standard InChI is InChI=1S/C25H37BrO2/c1-17-7-8-18(2)21(14-17)10-9-20-6-5-13-25(4)22(11-12-23(20)25)19(3)16-28-24(27)15-26/h9-10,17,19,22-23H,2,5-8,11-16H2,1,3-4H3/b20-9+,21-10-/t17-,19+,22+,23-,25+/m0/s1. The van der Waals surface area contributed by atoms with Gasteiger partial charge in [-0.1, -0.05) is 66.6 Å². The van der Waals surface area contributed by atoms with Gasteiger partial charge in [0.25, 0.3) is 0 Å². The Labute approximate surface area is 180 Å². The predicted octanol–water partition coefficient (Wildman–Crippen LogP) is 7.01. The van der Waals surface area contributed by atoms with E-state index >= 15 is 0 Å². The Morgan fingerprint density at radius 3 is 2.86 bits per heavy atom. The molecule has 5 atom stereocenters.